The summed E-state index contributed by atoms with van der Waals surface area (Å²) in [5.41, 5.74) is -7.53. The minimum Gasteiger partial charge on any atom is -0.456 e. The molecule has 1 amide bonds. The van der Waals surface area contributed by atoms with E-state index in [1.165, 1.54) is 40.0 Å². The number of carbonyl (C=O) groups is 8. The number of aliphatic hydroxyl groups excluding tert-OH is 1. The Bertz CT molecular complexity index is 2790. The van der Waals surface area contributed by atoms with E-state index in [2.05, 4.69) is 5.32 Å². The van der Waals surface area contributed by atoms with Gasteiger partial charge in [0, 0.05) is 58.6 Å². The van der Waals surface area contributed by atoms with Crippen LogP contribution >= 0.6 is 0 Å². The van der Waals surface area contributed by atoms with Crippen molar-refractivity contribution in [1.29, 1.82) is 0 Å². The number of benzene rings is 3. The van der Waals surface area contributed by atoms with Gasteiger partial charge in [-0.05, 0) is 54.8 Å². The summed E-state index contributed by atoms with van der Waals surface area (Å²) < 4.78 is 68.0. The lowest BCUT2D eigenvalue weighted by Gasteiger charge is -2.68. The Hall–Kier alpha value is -6.88. The number of amides is 1. The maximum Gasteiger partial charge on any atom is 0.338 e. The Morgan fingerprint density at radius 3 is 1.88 bits per heavy atom. The topological polar surface area (TPSA) is 270 Å². The van der Waals surface area contributed by atoms with E-state index < -0.39 is 150 Å². The fourth-order valence-corrected chi connectivity index (χ4v) is 12.0. The van der Waals surface area contributed by atoms with Crippen LogP contribution in [-0.4, -0.2) is 140 Å². The first-order valence-electron chi connectivity index (χ1n) is 25.1. The highest BCUT2D eigenvalue weighted by molar-refractivity contribution is 5.96. The smallest absolute Gasteiger partial charge is 0.338 e. The van der Waals surface area contributed by atoms with Crippen LogP contribution in [0, 0.1) is 16.7 Å². The van der Waals surface area contributed by atoms with E-state index in [4.69, 9.17) is 52.1 Å². The van der Waals surface area contributed by atoms with E-state index >= 15 is 4.79 Å². The van der Waals surface area contributed by atoms with Gasteiger partial charge in [0.25, 0.3) is 5.91 Å². The van der Waals surface area contributed by atoms with Crippen LogP contribution in [-0.2, 0) is 80.9 Å². The maximum absolute atomic E-state index is 16.6. The zero-order valence-corrected chi connectivity index (χ0v) is 44.0. The minimum atomic E-state index is -2.31. The summed E-state index contributed by atoms with van der Waals surface area (Å²) in [5, 5.41) is 14.8. The fraction of sp³-hybridized carbons (Fsp3) is 0.500. The van der Waals surface area contributed by atoms with Gasteiger partial charge in [-0.1, -0.05) is 80.6 Å². The molecule has 14 atom stereocenters. The molecule has 4 fully saturated rings. The van der Waals surface area contributed by atoms with E-state index in [-0.39, 0.29) is 35.3 Å². The molecule has 0 spiro atoms. The highest BCUT2D eigenvalue weighted by Crippen LogP contribution is 2.66. The van der Waals surface area contributed by atoms with Gasteiger partial charge in [0.15, 0.2) is 35.3 Å². The summed E-state index contributed by atoms with van der Waals surface area (Å²) in [6, 6.07) is 22.6. The number of esters is 6. The van der Waals surface area contributed by atoms with Crippen LogP contribution in [0.2, 0.25) is 0 Å². The fourth-order valence-electron chi connectivity index (χ4n) is 12.0. The standard InChI is InChI=1S/C56H63NO20/c1-29-37(72-50(66)43(62)42(34-19-13-10-14-20-34)57-48(64)35-21-15-11-16-22-35)26-56(77-33(5)61)47(75-49(65)36-23-17-12-18-24-36)45-54(8,46(63)44(71-31(3)59)41(29)53(56,6)7)38(25-39-55(45,28-69-39)76-32(4)60)73-52-51(67-9)74-40(27-68-52)70-30(2)58/h10-24,37-40,42-45,47,51-52,62H,25-28H2,1-9H3,(H,57,64)/t37-,38-,39+,40?,42-,43+,44+,45-,47-,51?,52-,54+,55-,56+/m0/s1. The first-order chi connectivity index (χ1) is 36.5. The molecule has 8 rings (SSSR count). The number of methoxy groups -OCH3 is 1. The number of Topliss-reactive ketones (excluding diaryl/α,β-unsaturated/α-hetero) is 1. The maximum atomic E-state index is 16.6. The highest BCUT2D eigenvalue weighted by atomic mass is 16.8. The van der Waals surface area contributed by atoms with Crippen molar-refractivity contribution in [3.8, 4) is 0 Å². The summed E-state index contributed by atoms with van der Waals surface area (Å²) >= 11 is 0. The SMILES string of the molecule is COC1OC(OC(C)=O)CO[C@H]1O[C@H]1C[C@H]2OC[C@@]2(OC(C)=O)[C@H]2[C@H](OC(=O)c3ccccc3)[C@]3(OC(C)=O)C[C@H](OC(=O)[C@H](O)[C@@H](NC(=O)c4ccccc4)c4ccccc4)C(C)=C([C@@H](OC(C)=O)C(=O)[C@]12C)C3(C)C. The summed E-state index contributed by atoms with van der Waals surface area (Å²) in [6.45, 7) is 9.88. The lowest BCUT2D eigenvalue weighted by Crippen LogP contribution is -2.82. The van der Waals surface area contributed by atoms with Crippen molar-refractivity contribution >= 4 is 47.5 Å². The first kappa shape index (κ1) is 56.3. The molecule has 0 radical (unpaired) electrons. The lowest BCUT2D eigenvalue weighted by atomic mass is 9.44. The molecule has 2 saturated carbocycles. The number of carbonyl (C=O) groups excluding carboxylic acids is 8. The Balaban J connectivity index is 1.34. The van der Waals surface area contributed by atoms with Gasteiger partial charge in [0.05, 0.1) is 35.6 Å². The van der Waals surface area contributed by atoms with Gasteiger partial charge >= 0.3 is 35.8 Å². The predicted molar refractivity (Wildman–Crippen MR) is 263 cm³/mol. The molecule has 3 aliphatic carbocycles. The van der Waals surface area contributed by atoms with Crippen LogP contribution in [0.25, 0.3) is 0 Å². The Kier molecular flexibility index (Phi) is 16.3. The van der Waals surface area contributed by atoms with Crippen molar-refractivity contribution < 1.29 is 95.6 Å². The number of nitrogens with one attached hydrogen (secondary N) is 1. The summed E-state index contributed by atoms with van der Waals surface area (Å²) in [7, 11) is 1.27. The molecule has 21 heteroatoms. The largest absolute Gasteiger partial charge is 0.456 e. The number of fused-ring (bicyclic) bond motifs is 5. The van der Waals surface area contributed by atoms with Crippen molar-refractivity contribution in [2.24, 2.45) is 16.7 Å². The van der Waals surface area contributed by atoms with Crippen molar-refractivity contribution in [1.82, 2.24) is 5.32 Å². The van der Waals surface area contributed by atoms with Gasteiger partial charge in [-0.15, -0.1) is 0 Å². The van der Waals surface area contributed by atoms with Crippen molar-refractivity contribution in [3.05, 3.63) is 119 Å². The van der Waals surface area contributed by atoms with Gasteiger partial charge in [-0.2, -0.15) is 0 Å². The van der Waals surface area contributed by atoms with Gasteiger partial charge in [0.1, 0.15) is 18.8 Å². The van der Waals surface area contributed by atoms with Gasteiger partial charge in [0.2, 0.25) is 18.9 Å². The van der Waals surface area contributed by atoms with Gasteiger partial charge < -0.3 is 62.5 Å². The van der Waals surface area contributed by atoms with Crippen molar-refractivity contribution in [3.63, 3.8) is 0 Å². The molecular formula is C56H63NO20. The minimum absolute atomic E-state index is 0.0131. The molecule has 412 valence electrons. The average Bonchev–Trinajstić information content (AvgIpc) is 3.59. The number of hydrogen-bond acceptors (Lipinski definition) is 20. The molecule has 3 aromatic carbocycles. The Labute approximate surface area is 444 Å². The molecule has 5 aliphatic rings. The average molecular weight is 1070 g/mol. The van der Waals surface area contributed by atoms with Crippen molar-refractivity contribution in [2.45, 2.75) is 141 Å². The molecular weight excluding hydrogens is 1010 g/mol. The molecule has 21 nitrogen and oxygen atoms in total. The van der Waals surface area contributed by atoms with Crippen LogP contribution in [0.15, 0.2) is 102 Å². The van der Waals surface area contributed by atoms with Crippen LogP contribution in [0.1, 0.15) is 101 Å². The Morgan fingerprint density at radius 2 is 1.32 bits per heavy atom. The quantitative estimate of drug-likeness (QED) is 0.120. The molecule has 2 aliphatic heterocycles. The zero-order valence-electron chi connectivity index (χ0n) is 44.0. The van der Waals surface area contributed by atoms with Crippen LogP contribution < -0.4 is 5.32 Å². The van der Waals surface area contributed by atoms with E-state index in [1.807, 2.05) is 0 Å². The number of aliphatic hydroxyl groups is 1. The van der Waals surface area contributed by atoms with E-state index in [9.17, 15) is 38.7 Å². The van der Waals surface area contributed by atoms with Gasteiger partial charge in [-0.3, -0.25) is 28.8 Å². The molecule has 2 N–H and O–H groups in total. The normalized spacial score (nSPS) is 31.9. The van der Waals surface area contributed by atoms with Crippen LogP contribution in [0.5, 0.6) is 0 Å². The lowest BCUT2D eigenvalue weighted by molar-refractivity contribution is -0.397. The van der Waals surface area contributed by atoms with E-state index in [0.717, 1.165) is 20.8 Å². The van der Waals surface area contributed by atoms with Gasteiger partial charge in [-0.25, -0.2) is 9.59 Å². The molecule has 77 heavy (non-hydrogen) atoms. The first-order valence-corrected chi connectivity index (χ1v) is 25.1. The van der Waals surface area contributed by atoms with Crippen LogP contribution in [0.3, 0.4) is 0 Å². The number of ketones is 1. The molecule has 0 aromatic heterocycles. The predicted octanol–water partition coefficient (Wildman–Crippen LogP) is 4.57. The molecule has 2 bridgehead atoms. The summed E-state index contributed by atoms with van der Waals surface area (Å²) in [6.07, 6.45) is -15.1. The zero-order chi connectivity index (χ0) is 55.8. The van der Waals surface area contributed by atoms with Crippen LogP contribution in [0.4, 0.5) is 0 Å². The second-order valence-electron chi connectivity index (χ2n) is 20.5. The second-order valence-corrected chi connectivity index (χ2v) is 20.5. The van der Waals surface area contributed by atoms with Crippen molar-refractivity contribution in [2.75, 3.05) is 20.3 Å². The number of ether oxygens (including phenoxy) is 11. The molecule has 3 aromatic rings. The number of hydrogen-bond donors (Lipinski definition) is 2. The third-order valence-electron chi connectivity index (χ3n) is 15.5. The second kappa shape index (κ2) is 22.2. The monoisotopic (exact) mass is 1070 g/mol. The van der Waals surface area contributed by atoms with E-state index in [1.54, 1.807) is 92.7 Å². The third-order valence-corrected chi connectivity index (χ3v) is 15.5. The molecule has 2 heterocycles. The third kappa shape index (κ3) is 10.5. The molecule has 2 saturated heterocycles. The van der Waals surface area contributed by atoms with E-state index in [0.29, 0.717) is 5.56 Å². The highest BCUT2D eigenvalue weighted by Gasteiger charge is 2.80. The molecule has 2 unspecified atom stereocenters. The summed E-state index contributed by atoms with van der Waals surface area (Å²) in [5.74, 6) is -8.87. The Morgan fingerprint density at radius 1 is 0.727 bits per heavy atom. The number of rotatable bonds is 15. The summed E-state index contributed by atoms with van der Waals surface area (Å²) in [4.78, 5) is 113.